The lowest BCUT2D eigenvalue weighted by Crippen LogP contribution is -2.28. The van der Waals surface area contributed by atoms with Gasteiger partial charge in [0.1, 0.15) is 11.6 Å². The molecular weight excluding hydrogens is 281 g/mol. The van der Waals surface area contributed by atoms with Gasteiger partial charge >= 0.3 is 0 Å². The Bertz CT molecular complexity index is 497. The van der Waals surface area contributed by atoms with Gasteiger partial charge in [-0.25, -0.2) is 9.37 Å². The molecule has 0 aliphatic rings. The number of pyridine rings is 1. The maximum Gasteiger partial charge on any atom is 0.255 e. The highest BCUT2D eigenvalue weighted by Gasteiger charge is 2.14. The number of anilines is 1. The van der Waals surface area contributed by atoms with Gasteiger partial charge in [0.15, 0.2) is 0 Å². The molecule has 5 nitrogen and oxygen atoms in total. The van der Waals surface area contributed by atoms with Gasteiger partial charge in [-0.15, -0.1) is 0 Å². The number of halogens is 1. The summed E-state index contributed by atoms with van der Waals surface area (Å²) in [6.45, 7) is 4.70. The zero-order valence-electron chi connectivity index (χ0n) is 11.9. The van der Waals surface area contributed by atoms with Crippen molar-refractivity contribution in [3.05, 3.63) is 23.6 Å². The molecule has 0 radical (unpaired) electrons. The van der Waals surface area contributed by atoms with Gasteiger partial charge in [-0.05, 0) is 19.4 Å². The number of aromatic nitrogens is 1. The van der Waals surface area contributed by atoms with Crippen LogP contribution in [0.15, 0.2) is 12.3 Å². The topological polar surface area (TPSA) is 71.1 Å². The number of nitrogens with zero attached hydrogens (tertiary/aromatic N) is 1. The van der Waals surface area contributed by atoms with E-state index in [2.05, 4.69) is 15.6 Å². The Morgan fingerprint density at radius 1 is 1.55 bits per heavy atom. The van der Waals surface area contributed by atoms with Crippen LogP contribution in [0.4, 0.5) is 10.2 Å². The van der Waals surface area contributed by atoms with Crippen LogP contribution in [-0.2, 0) is 10.8 Å². The van der Waals surface area contributed by atoms with Crippen LogP contribution >= 0.6 is 0 Å². The van der Waals surface area contributed by atoms with Gasteiger partial charge in [0, 0.05) is 35.4 Å². The van der Waals surface area contributed by atoms with E-state index in [1.54, 1.807) is 6.26 Å². The normalized spacial score (nSPS) is 13.6. The predicted molar refractivity (Wildman–Crippen MR) is 78.8 cm³/mol. The number of rotatable bonds is 7. The van der Waals surface area contributed by atoms with Crippen molar-refractivity contribution in [2.45, 2.75) is 25.5 Å². The maximum atomic E-state index is 13.2. The maximum absolute atomic E-state index is 13.2. The number of carbonyl (C=O) groups is 1. The van der Waals surface area contributed by atoms with Crippen molar-refractivity contribution in [1.29, 1.82) is 0 Å². The summed E-state index contributed by atoms with van der Waals surface area (Å²) in [6.07, 6.45) is 3.30. The summed E-state index contributed by atoms with van der Waals surface area (Å²) in [7, 11) is -0.917. The van der Waals surface area contributed by atoms with Gasteiger partial charge in [0.2, 0.25) is 0 Å². The highest BCUT2D eigenvalue weighted by molar-refractivity contribution is 7.84. The second-order valence-corrected chi connectivity index (χ2v) is 6.24. The zero-order chi connectivity index (χ0) is 15.1. The summed E-state index contributed by atoms with van der Waals surface area (Å²) in [6, 6.07) is 1.15. The number of nitrogens with one attached hydrogen (secondary N) is 2. The van der Waals surface area contributed by atoms with E-state index in [1.165, 1.54) is 0 Å². The van der Waals surface area contributed by atoms with E-state index >= 15 is 0 Å². The van der Waals surface area contributed by atoms with Crippen molar-refractivity contribution in [3.63, 3.8) is 0 Å². The molecule has 0 fully saturated rings. The minimum atomic E-state index is -0.917. The fraction of sp³-hybridized carbons (Fsp3) is 0.538. The lowest BCUT2D eigenvalue weighted by Gasteiger charge is -2.12. The van der Waals surface area contributed by atoms with Crippen molar-refractivity contribution < 1.29 is 13.4 Å². The minimum absolute atomic E-state index is 0.00849. The summed E-state index contributed by atoms with van der Waals surface area (Å²) in [5.74, 6) is -0.583. The van der Waals surface area contributed by atoms with E-state index in [0.29, 0.717) is 25.3 Å². The average Bonchev–Trinajstić information content (AvgIpc) is 2.40. The fourth-order valence-corrected chi connectivity index (χ4v) is 2.02. The molecule has 7 heteroatoms. The van der Waals surface area contributed by atoms with E-state index < -0.39 is 16.6 Å². The lowest BCUT2D eigenvalue weighted by atomic mass is 10.2. The Hall–Kier alpha value is -1.50. The van der Waals surface area contributed by atoms with Crippen LogP contribution in [0.5, 0.6) is 0 Å². The van der Waals surface area contributed by atoms with Crippen molar-refractivity contribution in [2.75, 3.05) is 24.7 Å². The number of hydrogen-bond acceptors (Lipinski definition) is 4. The molecule has 20 heavy (non-hydrogen) atoms. The van der Waals surface area contributed by atoms with Crippen LogP contribution in [0, 0.1) is 5.82 Å². The number of amides is 1. The summed E-state index contributed by atoms with van der Waals surface area (Å²) < 4.78 is 24.4. The van der Waals surface area contributed by atoms with Crippen LogP contribution < -0.4 is 10.6 Å². The highest BCUT2D eigenvalue weighted by atomic mass is 32.2. The molecule has 1 amide bonds. The van der Waals surface area contributed by atoms with Gasteiger partial charge < -0.3 is 10.6 Å². The Balaban J connectivity index is 2.67. The predicted octanol–water partition coefficient (Wildman–Crippen LogP) is 1.54. The molecule has 112 valence electrons. The molecular formula is C13H20FN3O2S. The zero-order valence-corrected chi connectivity index (χ0v) is 12.7. The highest BCUT2D eigenvalue weighted by Crippen LogP contribution is 2.13. The minimum Gasteiger partial charge on any atom is -0.370 e. The van der Waals surface area contributed by atoms with Crippen molar-refractivity contribution in [3.8, 4) is 0 Å². The van der Waals surface area contributed by atoms with Crippen LogP contribution in [0.3, 0.4) is 0 Å². The van der Waals surface area contributed by atoms with E-state index in [1.807, 2.05) is 13.8 Å². The largest absolute Gasteiger partial charge is 0.370 e. The Labute approximate surface area is 120 Å². The fourth-order valence-electron chi connectivity index (χ4n) is 1.57. The first kappa shape index (κ1) is 16.6. The van der Waals surface area contributed by atoms with E-state index in [4.69, 9.17) is 0 Å². The third-order valence-corrected chi connectivity index (χ3v) is 4.22. The van der Waals surface area contributed by atoms with Gasteiger partial charge in [0.25, 0.3) is 5.91 Å². The first-order valence-electron chi connectivity index (χ1n) is 6.45. The van der Waals surface area contributed by atoms with Gasteiger partial charge in [0.05, 0.1) is 11.8 Å². The van der Waals surface area contributed by atoms with Crippen LogP contribution in [0.1, 0.15) is 30.6 Å². The van der Waals surface area contributed by atoms with E-state index in [0.717, 1.165) is 12.3 Å². The third kappa shape index (κ3) is 4.88. The van der Waals surface area contributed by atoms with Crippen molar-refractivity contribution in [1.82, 2.24) is 10.3 Å². The lowest BCUT2D eigenvalue weighted by molar-refractivity contribution is 0.0953. The average molecular weight is 301 g/mol. The molecule has 2 N–H and O–H groups in total. The molecule has 1 aromatic heterocycles. The number of carbonyl (C=O) groups excluding carboxylic acids is 1. The Kier molecular flexibility index (Phi) is 6.57. The second-order valence-electron chi connectivity index (χ2n) is 4.43. The Morgan fingerprint density at radius 3 is 2.85 bits per heavy atom. The van der Waals surface area contributed by atoms with E-state index in [9.17, 15) is 13.4 Å². The molecule has 0 aliphatic heterocycles. The van der Waals surface area contributed by atoms with Gasteiger partial charge in [-0.1, -0.05) is 6.92 Å². The van der Waals surface area contributed by atoms with Gasteiger partial charge in [-0.2, -0.15) is 0 Å². The molecule has 2 atom stereocenters. The molecule has 0 aliphatic carbocycles. The molecule has 1 aromatic rings. The molecule has 0 saturated heterocycles. The third-order valence-electron chi connectivity index (χ3n) is 2.85. The van der Waals surface area contributed by atoms with Crippen LogP contribution in [-0.4, -0.2) is 39.7 Å². The van der Waals surface area contributed by atoms with E-state index in [-0.39, 0.29) is 16.7 Å². The SMILES string of the molecule is CCNc1ncc(F)cc1C(=O)NCCC(C)S(C)=O. The first-order valence-corrected chi connectivity index (χ1v) is 8.07. The molecule has 0 bridgehead atoms. The second kappa shape index (κ2) is 7.94. The van der Waals surface area contributed by atoms with Crippen molar-refractivity contribution in [2.24, 2.45) is 0 Å². The standard InChI is InChI=1S/C13H20FN3O2S/c1-4-15-12-11(7-10(14)8-17-12)13(18)16-6-5-9(2)20(3)19/h7-9H,4-6H2,1-3H3,(H,15,17)(H,16,18). The first-order chi connectivity index (χ1) is 9.45. The summed E-state index contributed by atoms with van der Waals surface area (Å²) in [4.78, 5) is 15.9. The molecule has 2 unspecified atom stereocenters. The Morgan fingerprint density at radius 2 is 2.25 bits per heavy atom. The molecule has 1 rings (SSSR count). The molecule has 1 heterocycles. The molecule has 0 saturated carbocycles. The monoisotopic (exact) mass is 301 g/mol. The quantitative estimate of drug-likeness (QED) is 0.801. The number of hydrogen-bond donors (Lipinski definition) is 2. The molecule has 0 spiro atoms. The van der Waals surface area contributed by atoms with Gasteiger partial charge in [-0.3, -0.25) is 9.00 Å². The smallest absolute Gasteiger partial charge is 0.255 e. The summed E-state index contributed by atoms with van der Waals surface area (Å²) in [5, 5.41) is 5.61. The summed E-state index contributed by atoms with van der Waals surface area (Å²) in [5.41, 5.74) is 0.178. The van der Waals surface area contributed by atoms with Crippen molar-refractivity contribution >= 4 is 22.5 Å². The molecule has 0 aromatic carbocycles. The van der Waals surface area contributed by atoms with Crippen LogP contribution in [0.25, 0.3) is 0 Å². The van der Waals surface area contributed by atoms with Crippen LogP contribution in [0.2, 0.25) is 0 Å². The summed E-state index contributed by atoms with van der Waals surface area (Å²) >= 11 is 0.